The Hall–Kier alpha value is -1.03. The third-order valence-electron chi connectivity index (χ3n) is 1.63. The molecule has 0 bridgehead atoms. The molecule has 1 aromatic carbocycles. The number of halogens is 1. The van der Waals surface area contributed by atoms with Crippen molar-refractivity contribution in [2.45, 2.75) is 6.23 Å². The van der Waals surface area contributed by atoms with Crippen LogP contribution in [0, 0.1) is 0 Å². The highest BCUT2D eigenvalue weighted by Crippen LogP contribution is 2.27. The normalized spacial score (nSPS) is 21.1. The topological polar surface area (TPSA) is 24.8 Å². The van der Waals surface area contributed by atoms with Crippen LogP contribution in [-0.2, 0) is 4.74 Å². The Labute approximate surface area is 79.0 Å². The van der Waals surface area contributed by atoms with Crippen molar-refractivity contribution in [2.75, 3.05) is 0 Å². The van der Waals surface area contributed by atoms with E-state index < -0.39 is 0 Å². The van der Waals surface area contributed by atoms with Crippen molar-refractivity contribution in [3.05, 3.63) is 35.9 Å². The van der Waals surface area contributed by atoms with Crippen molar-refractivity contribution in [3.63, 3.8) is 0 Å². The Morgan fingerprint density at radius 2 is 2.08 bits per heavy atom. The van der Waals surface area contributed by atoms with Gasteiger partial charge in [-0.15, -0.1) is 5.10 Å². The first-order valence-corrected chi connectivity index (χ1v) is 4.27. The lowest BCUT2D eigenvalue weighted by Gasteiger charge is -2.14. The van der Waals surface area contributed by atoms with E-state index in [1.165, 1.54) is 6.40 Å². The van der Waals surface area contributed by atoms with Crippen LogP contribution >= 0.6 is 16.1 Å². The van der Waals surface area contributed by atoms with Crippen LogP contribution in [0.3, 0.4) is 0 Å². The second-order valence-corrected chi connectivity index (χ2v) is 3.14. The molecule has 1 aliphatic heterocycles. The predicted molar refractivity (Wildman–Crippen MR) is 49.5 cm³/mol. The molecule has 1 atom stereocenters. The molecule has 1 aromatic rings. The minimum absolute atomic E-state index is 0.133. The standard InChI is InChI=1S/C8H7BrN2O/c9-11-8(12-6-10-11)7-4-2-1-3-5-7/h1-6,8H. The van der Waals surface area contributed by atoms with Gasteiger partial charge in [-0.1, -0.05) is 30.3 Å². The number of benzene rings is 1. The van der Waals surface area contributed by atoms with Gasteiger partial charge >= 0.3 is 0 Å². The summed E-state index contributed by atoms with van der Waals surface area (Å²) in [6.45, 7) is 0. The van der Waals surface area contributed by atoms with E-state index in [0.717, 1.165) is 5.56 Å². The third kappa shape index (κ3) is 1.30. The Morgan fingerprint density at radius 1 is 1.33 bits per heavy atom. The lowest BCUT2D eigenvalue weighted by Crippen LogP contribution is -2.09. The molecule has 0 aliphatic carbocycles. The van der Waals surface area contributed by atoms with Gasteiger partial charge in [0.25, 0.3) is 0 Å². The molecule has 1 heterocycles. The van der Waals surface area contributed by atoms with E-state index in [9.17, 15) is 0 Å². The molecular formula is C8H7BrN2O. The molecule has 0 saturated heterocycles. The van der Waals surface area contributed by atoms with E-state index in [-0.39, 0.29) is 6.23 Å². The molecule has 0 saturated carbocycles. The Bertz CT molecular complexity index is 288. The van der Waals surface area contributed by atoms with E-state index in [1.54, 1.807) is 4.03 Å². The second kappa shape index (κ2) is 3.15. The molecule has 1 aliphatic rings. The molecule has 4 heteroatoms. The van der Waals surface area contributed by atoms with Crippen LogP contribution in [0.25, 0.3) is 0 Å². The molecule has 0 amide bonds. The van der Waals surface area contributed by atoms with Gasteiger partial charge in [0.05, 0.1) is 16.1 Å². The fraction of sp³-hybridized carbons (Fsp3) is 0.125. The Morgan fingerprint density at radius 3 is 2.67 bits per heavy atom. The van der Waals surface area contributed by atoms with Gasteiger partial charge in [-0.25, -0.2) is 0 Å². The first-order chi connectivity index (χ1) is 5.88. The highest BCUT2D eigenvalue weighted by molar-refractivity contribution is 9.07. The summed E-state index contributed by atoms with van der Waals surface area (Å²) in [4.78, 5) is 0. The maximum absolute atomic E-state index is 5.24. The number of ether oxygens (including phenoxy) is 1. The minimum atomic E-state index is -0.133. The van der Waals surface area contributed by atoms with E-state index in [2.05, 4.69) is 21.2 Å². The predicted octanol–water partition coefficient (Wildman–Crippen LogP) is 2.27. The molecular weight excluding hydrogens is 220 g/mol. The smallest absolute Gasteiger partial charge is 0.225 e. The van der Waals surface area contributed by atoms with Crippen LogP contribution < -0.4 is 0 Å². The average molecular weight is 227 g/mol. The summed E-state index contributed by atoms with van der Waals surface area (Å²) in [6, 6.07) is 9.90. The highest BCUT2D eigenvalue weighted by atomic mass is 79.9. The molecule has 3 nitrogen and oxygen atoms in total. The van der Waals surface area contributed by atoms with Crippen molar-refractivity contribution < 1.29 is 4.74 Å². The van der Waals surface area contributed by atoms with Crippen molar-refractivity contribution >= 4 is 22.5 Å². The fourth-order valence-electron chi connectivity index (χ4n) is 1.06. The number of hydrogen-bond acceptors (Lipinski definition) is 3. The molecule has 0 radical (unpaired) electrons. The van der Waals surface area contributed by atoms with Gasteiger partial charge in [0.15, 0.2) is 6.40 Å². The van der Waals surface area contributed by atoms with Crippen LogP contribution in [0.2, 0.25) is 0 Å². The molecule has 0 fully saturated rings. The summed E-state index contributed by atoms with van der Waals surface area (Å²) >= 11 is 3.25. The van der Waals surface area contributed by atoms with Gasteiger partial charge in [0.1, 0.15) is 0 Å². The lowest BCUT2D eigenvalue weighted by molar-refractivity contribution is 0.139. The molecule has 2 rings (SSSR count). The summed E-state index contributed by atoms with van der Waals surface area (Å²) in [6.07, 6.45) is 1.29. The monoisotopic (exact) mass is 226 g/mol. The van der Waals surface area contributed by atoms with E-state index >= 15 is 0 Å². The van der Waals surface area contributed by atoms with Gasteiger partial charge in [0, 0.05) is 5.56 Å². The third-order valence-corrected chi connectivity index (χ3v) is 2.18. The Balaban J connectivity index is 2.22. The summed E-state index contributed by atoms with van der Waals surface area (Å²) < 4.78 is 6.84. The summed E-state index contributed by atoms with van der Waals surface area (Å²) in [5.41, 5.74) is 1.08. The van der Waals surface area contributed by atoms with E-state index in [0.29, 0.717) is 0 Å². The Kier molecular flexibility index (Phi) is 1.99. The minimum Gasteiger partial charge on any atom is -0.452 e. The maximum Gasteiger partial charge on any atom is 0.225 e. The van der Waals surface area contributed by atoms with Crippen molar-refractivity contribution in [1.29, 1.82) is 0 Å². The van der Waals surface area contributed by atoms with Crippen molar-refractivity contribution in [2.24, 2.45) is 5.10 Å². The van der Waals surface area contributed by atoms with Crippen LogP contribution in [0.5, 0.6) is 0 Å². The number of hydrazone groups is 1. The largest absolute Gasteiger partial charge is 0.452 e. The van der Waals surface area contributed by atoms with Crippen LogP contribution in [0.4, 0.5) is 0 Å². The van der Waals surface area contributed by atoms with E-state index in [4.69, 9.17) is 4.74 Å². The average Bonchev–Trinajstić information content (AvgIpc) is 2.53. The van der Waals surface area contributed by atoms with Gasteiger partial charge in [0.2, 0.25) is 6.23 Å². The fourth-order valence-corrected chi connectivity index (χ4v) is 1.47. The van der Waals surface area contributed by atoms with Crippen molar-refractivity contribution in [1.82, 2.24) is 4.03 Å². The molecule has 1 unspecified atom stereocenters. The van der Waals surface area contributed by atoms with Crippen LogP contribution in [0.1, 0.15) is 11.8 Å². The summed E-state index contributed by atoms with van der Waals surface area (Å²) in [7, 11) is 0. The van der Waals surface area contributed by atoms with Gasteiger partial charge in [-0.3, -0.25) is 0 Å². The zero-order chi connectivity index (χ0) is 8.39. The van der Waals surface area contributed by atoms with Crippen LogP contribution in [0.15, 0.2) is 35.4 Å². The first-order valence-electron chi connectivity index (χ1n) is 3.56. The van der Waals surface area contributed by atoms with Gasteiger partial charge in [-0.2, -0.15) is 4.03 Å². The number of rotatable bonds is 1. The molecule has 0 aromatic heterocycles. The quantitative estimate of drug-likeness (QED) is 0.687. The summed E-state index contributed by atoms with van der Waals surface area (Å²) in [5, 5.41) is 3.90. The maximum atomic E-state index is 5.24. The molecule has 62 valence electrons. The van der Waals surface area contributed by atoms with Gasteiger partial charge in [-0.05, 0) is 0 Å². The van der Waals surface area contributed by atoms with Crippen molar-refractivity contribution in [3.8, 4) is 0 Å². The first kappa shape index (κ1) is 7.61. The highest BCUT2D eigenvalue weighted by Gasteiger charge is 2.21. The number of nitrogens with zero attached hydrogens (tertiary/aromatic N) is 2. The summed E-state index contributed by atoms with van der Waals surface area (Å²) in [5.74, 6) is 0. The molecule has 0 spiro atoms. The van der Waals surface area contributed by atoms with Gasteiger partial charge < -0.3 is 4.74 Å². The number of hydrogen-bond donors (Lipinski definition) is 0. The van der Waals surface area contributed by atoms with Crippen LogP contribution in [-0.4, -0.2) is 10.4 Å². The molecule has 12 heavy (non-hydrogen) atoms. The van der Waals surface area contributed by atoms with E-state index in [1.807, 2.05) is 30.3 Å². The molecule has 0 N–H and O–H groups in total. The zero-order valence-electron chi connectivity index (χ0n) is 6.22. The lowest BCUT2D eigenvalue weighted by atomic mass is 10.2. The second-order valence-electron chi connectivity index (χ2n) is 2.41. The zero-order valence-corrected chi connectivity index (χ0v) is 7.81. The SMILES string of the molecule is BrN1N=COC1c1ccccc1.